The molecule has 63 heavy (non-hydrogen) atoms. The van der Waals surface area contributed by atoms with E-state index in [9.17, 15) is 19.2 Å². The predicted molar refractivity (Wildman–Crippen MR) is 238 cm³/mol. The molecule has 0 saturated carbocycles. The summed E-state index contributed by atoms with van der Waals surface area (Å²) in [4.78, 5) is 57.3. The van der Waals surface area contributed by atoms with Crippen LogP contribution in [0.1, 0.15) is 49.9 Å². The van der Waals surface area contributed by atoms with E-state index in [-0.39, 0.29) is 35.5 Å². The van der Waals surface area contributed by atoms with Crippen molar-refractivity contribution in [3.63, 3.8) is 0 Å². The highest BCUT2D eigenvalue weighted by molar-refractivity contribution is 6.31. The topological polar surface area (TPSA) is 191 Å². The van der Waals surface area contributed by atoms with Gasteiger partial charge in [0.25, 0.3) is 0 Å². The normalized spacial score (nSPS) is 14.3. The molecule has 2 aliphatic heterocycles. The minimum absolute atomic E-state index is 0.0173. The number of aromatic nitrogens is 8. The maximum Gasteiger partial charge on any atom is 0.227 e. The summed E-state index contributed by atoms with van der Waals surface area (Å²) in [6.07, 6.45) is 3.81. The fourth-order valence-electron chi connectivity index (χ4n) is 7.19. The Hall–Kier alpha value is -6.69. The van der Waals surface area contributed by atoms with Crippen molar-refractivity contribution in [3.05, 3.63) is 107 Å². The number of nitrogens with zero attached hydrogens (tertiary/aromatic N) is 12. The molecule has 0 radical (unpaired) electrons. The van der Waals surface area contributed by atoms with Crippen molar-refractivity contribution in [3.8, 4) is 0 Å². The lowest BCUT2D eigenvalue weighted by Crippen LogP contribution is -2.49. The second-order valence-electron chi connectivity index (χ2n) is 16.2. The number of piperazine rings is 2. The number of halogens is 1. The molecule has 0 aliphatic carbocycles. The third-order valence-electron chi connectivity index (χ3n) is 11.0. The van der Waals surface area contributed by atoms with Gasteiger partial charge in [-0.2, -0.15) is 9.03 Å². The number of rotatable bonds is 12. The Labute approximate surface area is 370 Å². The molecule has 2 saturated heterocycles. The van der Waals surface area contributed by atoms with Gasteiger partial charge < -0.3 is 30.2 Å². The van der Waals surface area contributed by atoms with E-state index in [0.29, 0.717) is 81.5 Å². The van der Waals surface area contributed by atoms with Gasteiger partial charge in [-0.15, -0.1) is 30.6 Å². The van der Waals surface area contributed by atoms with Crippen molar-refractivity contribution in [2.24, 2.45) is 11.8 Å². The highest BCUT2D eigenvalue weighted by Crippen LogP contribution is 2.21. The van der Waals surface area contributed by atoms with Crippen LogP contribution >= 0.6 is 11.6 Å². The lowest BCUT2D eigenvalue weighted by Gasteiger charge is -2.35. The third kappa shape index (κ3) is 11.6. The average Bonchev–Trinajstić information content (AvgIpc) is 3.98. The van der Waals surface area contributed by atoms with Gasteiger partial charge >= 0.3 is 0 Å². The summed E-state index contributed by atoms with van der Waals surface area (Å²) >= 11 is 6.38. The van der Waals surface area contributed by atoms with Gasteiger partial charge in [0.2, 0.25) is 23.6 Å². The zero-order valence-corrected chi connectivity index (χ0v) is 36.8. The first kappa shape index (κ1) is 44.4. The van der Waals surface area contributed by atoms with Crippen LogP contribution in [0.15, 0.2) is 79.4 Å². The number of amides is 4. The first-order valence-corrected chi connectivity index (χ1v) is 21.6. The molecule has 18 nitrogen and oxygen atoms in total. The maximum absolute atomic E-state index is 12.8. The molecule has 2 N–H and O–H groups in total. The van der Waals surface area contributed by atoms with Gasteiger partial charge in [-0.3, -0.25) is 19.2 Å². The summed E-state index contributed by atoms with van der Waals surface area (Å²) in [7, 11) is 0. The van der Waals surface area contributed by atoms with Crippen molar-refractivity contribution in [1.29, 1.82) is 0 Å². The van der Waals surface area contributed by atoms with Crippen LogP contribution in [0.25, 0.3) is 11.3 Å². The summed E-state index contributed by atoms with van der Waals surface area (Å²) in [6, 6.07) is 21.1. The van der Waals surface area contributed by atoms with Crippen LogP contribution < -0.4 is 20.4 Å². The first-order valence-electron chi connectivity index (χ1n) is 21.2. The minimum atomic E-state index is -0.0762. The van der Waals surface area contributed by atoms with E-state index in [1.807, 2.05) is 104 Å². The lowest BCUT2D eigenvalue weighted by molar-refractivity contribution is -0.131. The standard InChI is InChI=1S/C22H26ClN7O2.C22H27N7O2/c1-15(2)22(32)24-13-17-4-3-16(11-18(17)23)12-21(31)29-9-7-28(8-10-29)20-6-5-19-26-25-14-30(19)27-20;1-16(2)22(31)23-14-18-5-3-4-17(12-18)13-21(30)28-10-8-27(9-11-28)20-7-6-19-25-24-15-29(19)26-20/h3-6,11,14-15H,7-10,12-13H2,1-2H3,(H,24,32);3-7,12,15-16H,8-11,13-14H2,1-2H3,(H,23,31). The number of nitrogens with one attached hydrogen (secondary N) is 2. The SMILES string of the molecule is CC(C)C(=O)NCc1ccc(CC(=O)N2CCN(c3ccc4nncn4n3)CC2)cc1Cl.CC(C)C(=O)NCc1cccc(CC(=O)N2CCN(c3ccc4nncn4n3)CC2)c1. The Morgan fingerprint density at radius 3 is 1.56 bits per heavy atom. The molecule has 2 aromatic carbocycles. The molecule has 330 valence electrons. The molecule has 2 fully saturated rings. The summed E-state index contributed by atoms with van der Waals surface area (Å²) in [5.74, 6) is 1.78. The lowest BCUT2D eigenvalue weighted by atomic mass is 10.1. The highest BCUT2D eigenvalue weighted by atomic mass is 35.5. The Bertz CT molecular complexity index is 2540. The largest absolute Gasteiger partial charge is 0.352 e. The van der Waals surface area contributed by atoms with Crippen LogP contribution in [0.5, 0.6) is 0 Å². The number of benzene rings is 2. The molecule has 0 atom stereocenters. The maximum atomic E-state index is 12.8. The molecule has 0 unspecified atom stereocenters. The quantitative estimate of drug-likeness (QED) is 0.183. The number of hydrogen-bond acceptors (Lipinski definition) is 12. The molecule has 4 aromatic heterocycles. The molecule has 6 aromatic rings. The molecule has 2 aliphatic rings. The van der Waals surface area contributed by atoms with E-state index >= 15 is 0 Å². The molecular formula is C44H53ClN14O4. The van der Waals surface area contributed by atoms with Crippen LogP contribution in [0.4, 0.5) is 11.6 Å². The van der Waals surface area contributed by atoms with Gasteiger partial charge in [0.1, 0.15) is 24.3 Å². The molecular weight excluding hydrogens is 824 g/mol. The van der Waals surface area contributed by atoms with Crippen molar-refractivity contribution in [1.82, 2.24) is 60.1 Å². The zero-order chi connectivity index (χ0) is 44.5. The van der Waals surface area contributed by atoms with E-state index in [4.69, 9.17) is 11.6 Å². The number of carbonyl (C=O) groups is 4. The first-order chi connectivity index (χ1) is 30.4. The van der Waals surface area contributed by atoms with Crippen molar-refractivity contribution < 1.29 is 19.2 Å². The van der Waals surface area contributed by atoms with Crippen molar-refractivity contribution >= 4 is 58.2 Å². The number of anilines is 2. The van der Waals surface area contributed by atoms with Crippen molar-refractivity contribution in [2.75, 3.05) is 62.2 Å². The molecule has 0 spiro atoms. The number of hydrogen-bond donors (Lipinski definition) is 2. The van der Waals surface area contributed by atoms with Crippen LogP contribution in [0.2, 0.25) is 5.02 Å². The van der Waals surface area contributed by atoms with Gasteiger partial charge in [-0.05, 0) is 52.6 Å². The number of carbonyl (C=O) groups excluding carboxylic acids is 4. The van der Waals surface area contributed by atoms with E-state index in [0.717, 1.165) is 47.0 Å². The Morgan fingerprint density at radius 1 is 0.587 bits per heavy atom. The van der Waals surface area contributed by atoms with Gasteiger partial charge in [-0.1, -0.05) is 75.7 Å². The van der Waals surface area contributed by atoms with Gasteiger partial charge in [0.15, 0.2) is 11.3 Å². The van der Waals surface area contributed by atoms with Gasteiger partial charge in [0, 0.05) is 82.3 Å². The Kier molecular flexibility index (Phi) is 14.4. The van der Waals surface area contributed by atoms with Gasteiger partial charge in [-0.25, -0.2) is 0 Å². The molecule has 19 heteroatoms. The zero-order valence-electron chi connectivity index (χ0n) is 36.0. The van der Waals surface area contributed by atoms with Crippen molar-refractivity contribution in [2.45, 2.75) is 53.6 Å². The van der Waals surface area contributed by atoms with Crippen LogP contribution in [-0.4, -0.2) is 125 Å². The average molecular weight is 877 g/mol. The fraction of sp³-hybridized carbons (Fsp3) is 0.409. The number of fused-ring (bicyclic) bond motifs is 2. The van der Waals surface area contributed by atoms with E-state index in [1.54, 1.807) is 21.7 Å². The molecule has 8 rings (SSSR count). The third-order valence-corrected chi connectivity index (χ3v) is 11.3. The fourth-order valence-corrected chi connectivity index (χ4v) is 7.46. The second-order valence-corrected chi connectivity index (χ2v) is 16.6. The summed E-state index contributed by atoms with van der Waals surface area (Å²) < 4.78 is 3.30. The summed E-state index contributed by atoms with van der Waals surface area (Å²) in [5, 5.41) is 31.0. The van der Waals surface area contributed by atoms with E-state index < -0.39 is 0 Å². The summed E-state index contributed by atoms with van der Waals surface area (Å²) in [6.45, 7) is 13.7. The van der Waals surface area contributed by atoms with Crippen LogP contribution in [0.3, 0.4) is 0 Å². The Balaban J connectivity index is 0.000000189. The van der Waals surface area contributed by atoms with Crippen LogP contribution in [0, 0.1) is 11.8 Å². The smallest absolute Gasteiger partial charge is 0.227 e. The molecule has 6 heterocycles. The van der Waals surface area contributed by atoms with Crippen LogP contribution in [-0.2, 0) is 45.1 Å². The van der Waals surface area contributed by atoms with E-state index in [2.05, 4.69) is 51.0 Å². The predicted octanol–water partition coefficient (Wildman–Crippen LogP) is 3.23. The van der Waals surface area contributed by atoms with E-state index in [1.165, 1.54) is 0 Å². The summed E-state index contributed by atoms with van der Waals surface area (Å²) in [5.41, 5.74) is 5.07. The second kappa shape index (κ2) is 20.5. The monoisotopic (exact) mass is 876 g/mol. The minimum Gasteiger partial charge on any atom is -0.352 e. The van der Waals surface area contributed by atoms with Gasteiger partial charge in [0.05, 0.1) is 12.8 Å². The molecule has 0 bridgehead atoms. The Morgan fingerprint density at radius 2 is 1.06 bits per heavy atom. The molecule has 4 amide bonds. The highest BCUT2D eigenvalue weighted by Gasteiger charge is 2.24.